The maximum atomic E-state index is 11.8. The van der Waals surface area contributed by atoms with Gasteiger partial charge in [0.05, 0.1) is 0 Å². The van der Waals surface area contributed by atoms with Crippen LogP contribution >= 0.6 is 11.3 Å². The summed E-state index contributed by atoms with van der Waals surface area (Å²) >= 11 is 1.88. The molecule has 192 valence electrons. The lowest BCUT2D eigenvalue weighted by molar-refractivity contribution is -0.114. The lowest BCUT2D eigenvalue weighted by Gasteiger charge is -2.43. The second kappa shape index (κ2) is 9.72. The Balaban J connectivity index is 1.23. The zero-order chi connectivity index (χ0) is 25.6. The number of fused-ring (bicyclic) bond motifs is 4. The Bertz CT molecular complexity index is 1470. The number of hydrogen-bond acceptors (Lipinski definition) is 4. The second-order valence-corrected chi connectivity index (χ2v) is 12.0. The van der Waals surface area contributed by atoms with Crippen molar-refractivity contribution in [3.05, 3.63) is 100 Å². The summed E-state index contributed by atoms with van der Waals surface area (Å²) in [5, 5.41) is 5.18. The summed E-state index contributed by atoms with van der Waals surface area (Å²) < 4.78 is 6.55. The van der Waals surface area contributed by atoms with Crippen molar-refractivity contribution in [2.75, 3.05) is 5.32 Å². The number of piperidine rings is 1. The molecule has 0 spiro atoms. The van der Waals surface area contributed by atoms with Gasteiger partial charge in [-0.05, 0) is 66.8 Å². The molecule has 3 aliphatic rings. The molecule has 2 fully saturated rings. The van der Waals surface area contributed by atoms with E-state index < -0.39 is 0 Å². The third-order valence-electron chi connectivity index (χ3n) is 8.68. The fraction of sp³-hybridized carbons (Fsp3) is 0.303. The Labute approximate surface area is 228 Å². The molecule has 0 saturated carbocycles. The molecule has 3 aliphatic heterocycles. The summed E-state index contributed by atoms with van der Waals surface area (Å²) in [4.78, 5) is 16.1. The van der Waals surface area contributed by atoms with Gasteiger partial charge >= 0.3 is 0 Å². The highest BCUT2D eigenvalue weighted by Gasteiger charge is 2.45. The molecule has 4 nitrogen and oxygen atoms in total. The van der Waals surface area contributed by atoms with Crippen LogP contribution in [-0.4, -0.2) is 22.9 Å². The summed E-state index contributed by atoms with van der Waals surface area (Å²) in [6.07, 6.45) is 5.08. The maximum absolute atomic E-state index is 11.8. The number of ether oxygens (including phenoxy) is 1. The molecular formula is C33H32N2O2S. The predicted molar refractivity (Wildman–Crippen MR) is 154 cm³/mol. The van der Waals surface area contributed by atoms with E-state index in [-0.39, 0.29) is 5.91 Å². The van der Waals surface area contributed by atoms with Crippen LogP contribution in [0.15, 0.2) is 84.2 Å². The number of thiophene rings is 1. The van der Waals surface area contributed by atoms with Crippen molar-refractivity contribution in [2.24, 2.45) is 5.92 Å². The molecule has 5 heteroatoms. The standard InChI is InChI=1S/C33H32N2O2S/c1-21(36)34-30-10-4-2-8-27(30)22-12-15-29-32(19-22)37-31-11-5-3-9-28(31)33(29)23-17-24-13-14-25(18-23)35(24)20-26-7-6-16-38-26/h2-12,15-16,19,23-25,33H,13-14,17-18,20H2,1H3,(H,34,36). The Kier molecular flexibility index (Phi) is 6.06. The second-order valence-electron chi connectivity index (χ2n) is 11.0. The number of para-hydroxylation sites is 2. The first-order valence-electron chi connectivity index (χ1n) is 13.7. The SMILES string of the molecule is CC(=O)Nc1ccccc1-c1ccc2c(c1)Oc1ccccc1C2C1CC2CCC(C1)N2Cc1cccs1. The van der Waals surface area contributed by atoms with E-state index in [1.807, 2.05) is 29.5 Å². The molecule has 38 heavy (non-hydrogen) atoms. The molecule has 3 aromatic carbocycles. The Hall–Kier alpha value is -3.41. The highest BCUT2D eigenvalue weighted by Crippen LogP contribution is 2.54. The number of carbonyl (C=O) groups excluding carboxylic acids is 1. The number of nitrogens with zero attached hydrogens (tertiary/aromatic N) is 1. The molecule has 2 bridgehead atoms. The van der Waals surface area contributed by atoms with Crippen molar-refractivity contribution < 1.29 is 9.53 Å². The van der Waals surface area contributed by atoms with E-state index in [1.54, 1.807) is 6.92 Å². The smallest absolute Gasteiger partial charge is 0.221 e. The van der Waals surface area contributed by atoms with Crippen LogP contribution in [0.1, 0.15) is 54.5 Å². The first-order chi connectivity index (χ1) is 18.6. The molecule has 0 aliphatic carbocycles. The van der Waals surface area contributed by atoms with Crippen LogP contribution in [0.3, 0.4) is 0 Å². The quantitative estimate of drug-likeness (QED) is 0.289. The largest absolute Gasteiger partial charge is 0.457 e. The van der Waals surface area contributed by atoms with Gasteiger partial charge in [0.15, 0.2) is 0 Å². The highest BCUT2D eigenvalue weighted by molar-refractivity contribution is 7.09. The van der Waals surface area contributed by atoms with Crippen molar-refractivity contribution >= 4 is 22.9 Å². The van der Waals surface area contributed by atoms with Gasteiger partial charge in [0.1, 0.15) is 11.5 Å². The summed E-state index contributed by atoms with van der Waals surface area (Å²) in [5.41, 5.74) is 5.49. The van der Waals surface area contributed by atoms with Crippen molar-refractivity contribution in [1.29, 1.82) is 0 Å². The van der Waals surface area contributed by atoms with E-state index in [4.69, 9.17) is 4.74 Å². The van der Waals surface area contributed by atoms with Gasteiger partial charge in [0.2, 0.25) is 5.91 Å². The monoisotopic (exact) mass is 520 g/mol. The first-order valence-corrected chi connectivity index (χ1v) is 14.6. The molecule has 3 atom stereocenters. The highest BCUT2D eigenvalue weighted by atomic mass is 32.1. The number of rotatable bonds is 5. The van der Waals surface area contributed by atoms with Gasteiger partial charge in [-0.1, -0.05) is 54.6 Å². The summed E-state index contributed by atoms with van der Waals surface area (Å²) in [5.74, 6) is 2.78. The Morgan fingerprint density at radius 2 is 1.68 bits per heavy atom. The minimum atomic E-state index is -0.0688. The van der Waals surface area contributed by atoms with Crippen LogP contribution < -0.4 is 10.1 Å². The summed E-state index contributed by atoms with van der Waals surface area (Å²) in [6.45, 7) is 2.64. The maximum Gasteiger partial charge on any atom is 0.221 e. The number of nitrogens with one attached hydrogen (secondary N) is 1. The fourth-order valence-corrected chi connectivity index (χ4v) is 7.85. The zero-order valence-electron chi connectivity index (χ0n) is 21.6. The number of anilines is 1. The van der Waals surface area contributed by atoms with E-state index in [9.17, 15) is 4.79 Å². The first kappa shape index (κ1) is 23.7. The van der Waals surface area contributed by atoms with Crippen LogP contribution in [0.5, 0.6) is 11.5 Å². The molecule has 3 unspecified atom stereocenters. The van der Waals surface area contributed by atoms with Crippen molar-refractivity contribution in [3.63, 3.8) is 0 Å². The van der Waals surface area contributed by atoms with Crippen molar-refractivity contribution in [2.45, 2.75) is 57.2 Å². The number of hydrogen-bond donors (Lipinski definition) is 1. The van der Waals surface area contributed by atoms with Gasteiger partial charge in [-0.3, -0.25) is 9.69 Å². The number of benzene rings is 3. The normalized spacial score (nSPS) is 23.8. The third kappa shape index (κ3) is 4.24. The van der Waals surface area contributed by atoms with Gasteiger partial charge in [-0.15, -0.1) is 11.3 Å². The zero-order valence-corrected chi connectivity index (χ0v) is 22.4. The van der Waals surface area contributed by atoms with E-state index >= 15 is 0 Å². The van der Waals surface area contributed by atoms with E-state index in [1.165, 1.54) is 41.7 Å². The third-order valence-corrected chi connectivity index (χ3v) is 9.54. The molecule has 1 amide bonds. The summed E-state index contributed by atoms with van der Waals surface area (Å²) in [6, 6.07) is 29.0. The molecule has 4 aromatic rings. The van der Waals surface area contributed by atoms with Gasteiger partial charge in [0.25, 0.3) is 0 Å². The van der Waals surface area contributed by atoms with Crippen LogP contribution in [0, 0.1) is 5.92 Å². The average molecular weight is 521 g/mol. The predicted octanol–water partition coefficient (Wildman–Crippen LogP) is 8.05. The van der Waals surface area contributed by atoms with Crippen LogP contribution in [-0.2, 0) is 11.3 Å². The minimum Gasteiger partial charge on any atom is -0.457 e. The molecular weight excluding hydrogens is 488 g/mol. The van der Waals surface area contributed by atoms with Crippen molar-refractivity contribution in [3.8, 4) is 22.6 Å². The molecule has 2 saturated heterocycles. The molecule has 1 aromatic heterocycles. The minimum absolute atomic E-state index is 0.0688. The summed E-state index contributed by atoms with van der Waals surface area (Å²) in [7, 11) is 0. The number of amides is 1. The molecule has 7 rings (SSSR count). The van der Waals surface area contributed by atoms with E-state index in [2.05, 4.69) is 76.3 Å². The lowest BCUT2D eigenvalue weighted by atomic mass is 9.72. The van der Waals surface area contributed by atoms with Crippen molar-refractivity contribution in [1.82, 2.24) is 4.90 Å². The van der Waals surface area contributed by atoms with Crippen LogP contribution in [0.2, 0.25) is 0 Å². The van der Waals surface area contributed by atoms with E-state index in [0.717, 1.165) is 34.9 Å². The van der Waals surface area contributed by atoms with E-state index in [0.29, 0.717) is 23.9 Å². The van der Waals surface area contributed by atoms with Gasteiger partial charge in [0, 0.05) is 58.7 Å². The molecule has 4 heterocycles. The van der Waals surface area contributed by atoms with Gasteiger partial charge in [-0.25, -0.2) is 0 Å². The lowest BCUT2D eigenvalue weighted by Crippen LogP contribution is -2.43. The Morgan fingerprint density at radius 1 is 0.921 bits per heavy atom. The average Bonchev–Trinajstić information content (AvgIpc) is 3.51. The molecule has 0 radical (unpaired) electrons. The number of carbonyl (C=O) groups is 1. The van der Waals surface area contributed by atoms with Crippen LogP contribution in [0.4, 0.5) is 5.69 Å². The Morgan fingerprint density at radius 3 is 2.47 bits per heavy atom. The van der Waals surface area contributed by atoms with Gasteiger partial charge < -0.3 is 10.1 Å². The van der Waals surface area contributed by atoms with Gasteiger partial charge in [-0.2, -0.15) is 0 Å². The van der Waals surface area contributed by atoms with Crippen LogP contribution in [0.25, 0.3) is 11.1 Å². The fourth-order valence-electron chi connectivity index (χ4n) is 7.13. The topological polar surface area (TPSA) is 41.6 Å². The molecule has 1 N–H and O–H groups in total.